The van der Waals surface area contributed by atoms with Gasteiger partial charge in [0.2, 0.25) is 5.88 Å². The van der Waals surface area contributed by atoms with Gasteiger partial charge in [-0.1, -0.05) is 12.1 Å². The zero-order chi connectivity index (χ0) is 11.2. The molecule has 0 aromatic carbocycles. The molecule has 0 aliphatic heterocycles. The van der Waals surface area contributed by atoms with E-state index in [1.54, 1.807) is 11.3 Å². The number of aromatic nitrogens is 1. The Morgan fingerprint density at radius 3 is 3.00 bits per heavy atom. The Morgan fingerprint density at radius 2 is 2.25 bits per heavy atom. The molecule has 3 nitrogen and oxygen atoms in total. The molecule has 2 aromatic heterocycles. The summed E-state index contributed by atoms with van der Waals surface area (Å²) in [6, 6.07) is 9.89. The fraction of sp³-hybridized carbons (Fsp3) is 0.250. The lowest BCUT2D eigenvalue weighted by Crippen LogP contribution is -2.01. The van der Waals surface area contributed by atoms with Crippen LogP contribution in [0.3, 0.4) is 0 Å². The summed E-state index contributed by atoms with van der Waals surface area (Å²) in [4.78, 5) is 5.63. The third-order valence-corrected chi connectivity index (χ3v) is 2.92. The standard InChI is InChI=1S/C12H14N2OS/c1-2-15-12-7-3-6-11(14-12)13-9-10-5-4-8-16-10/h3-8H,2,9H2,1H3,(H,13,14). The average molecular weight is 234 g/mol. The first-order valence-electron chi connectivity index (χ1n) is 5.24. The second-order valence-electron chi connectivity index (χ2n) is 3.23. The summed E-state index contributed by atoms with van der Waals surface area (Å²) in [6.45, 7) is 3.40. The van der Waals surface area contributed by atoms with Gasteiger partial charge in [0, 0.05) is 10.9 Å². The third kappa shape index (κ3) is 2.97. The van der Waals surface area contributed by atoms with E-state index in [0.29, 0.717) is 12.5 Å². The second-order valence-corrected chi connectivity index (χ2v) is 4.26. The number of hydrogen-bond donors (Lipinski definition) is 1. The van der Waals surface area contributed by atoms with Gasteiger partial charge in [0.15, 0.2) is 0 Å². The molecule has 0 amide bonds. The van der Waals surface area contributed by atoms with E-state index in [0.717, 1.165) is 12.4 Å². The summed E-state index contributed by atoms with van der Waals surface area (Å²) in [5.74, 6) is 1.51. The van der Waals surface area contributed by atoms with Crippen LogP contribution in [0.4, 0.5) is 5.82 Å². The number of pyridine rings is 1. The zero-order valence-electron chi connectivity index (χ0n) is 9.14. The van der Waals surface area contributed by atoms with Crippen molar-refractivity contribution in [1.82, 2.24) is 4.98 Å². The highest BCUT2D eigenvalue weighted by Gasteiger charge is 1.98. The Hall–Kier alpha value is -1.55. The molecule has 84 valence electrons. The van der Waals surface area contributed by atoms with E-state index >= 15 is 0 Å². The van der Waals surface area contributed by atoms with Crippen LogP contribution in [0.25, 0.3) is 0 Å². The summed E-state index contributed by atoms with van der Waals surface area (Å²) in [5, 5.41) is 5.34. The maximum absolute atomic E-state index is 5.34. The van der Waals surface area contributed by atoms with Crippen LogP contribution in [0.5, 0.6) is 5.88 Å². The molecular formula is C12H14N2OS. The molecule has 2 heterocycles. The number of thiophene rings is 1. The van der Waals surface area contributed by atoms with Gasteiger partial charge >= 0.3 is 0 Å². The van der Waals surface area contributed by atoms with Gasteiger partial charge in [-0.3, -0.25) is 0 Å². The maximum Gasteiger partial charge on any atom is 0.215 e. The molecule has 2 rings (SSSR count). The van der Waals surface area contributed by atoms with Crippen LogP contribution in [-0.2, 0) is 6.54 Å². The lowest BCUT2D eigenvalue weighted by atomic mass is 10.4. The van der Waals surface area contributed by atoms with Gasteiger partial charge in [-0.05, 0) is 24.4 Å². The number of anilines is 1. The molecular weight excluding hydrogens is 220 g/mol. The molecule has 0 bridgehead atoms. The normalized spacial score (nSPS) is 10.1. The highest BCUT2D eigenvalue weighted by Crippen LogP contribution is 2.14. The Bertz CT molecular complexity index is 428. The lowest BCUT2D eigenvalue weighted by Gasteiger charge is -2.06. The highest BCUT2D eigenvalue weighted by atomic mass is 32.1. The predicted octanol–water partition coefficient (Wildman–Crippen LogP) is 3.15. The minimum absolute atomic E-state index is 0.640. The first kappa shape index (κ1) is 11.0. The summed E-state index contributed by atoms with van der Waals surface area (Å²) in [6.07, 6.45) is 0. The minimum Gasteiger partial charge on any atom is -0.478 e. The summed E-state index contributed by atoms with van der Waals surface area (Å²) >= 11 is 1.74. The van der Waals surface area contributed by atoms with Crippen LogP contribution in [0, 0.1) is 0 Å². The van der Waals surface area contributed by atoms with Crippen LogP contribution in [0.2, 0.25) is 0 Å². The first-order chi connectivity index (χ1) is 7.88. The molecule has 16 heavy (non-hydrogen) atoms. The molecule has 0 spiro atoms. The molecule has 2 aromatic rings. The van der Waals surface area contributed by atoms with Crippen LogP contribution in [0.1, 0.15) is 11.8 Å². The number of ether oxygens (including phenoxy) is 1. The number of rotatable bonds is 5. The van der Waals surface area contributed by atoms with Gasteiger partial charge in [-0.25, -0.2) is 0 Å². The van der Waals surface area contributed by atoms with E-state index in [1.165, 1.54) is 4.88 Å². The molecule has 1 N–H and O–H groups in total. The van der Waals surface area contributed by atoms with E-state index < -0.39 is 0 Å². The fourth-order valence-corrected chi connectivity index (χ4v) is 1.98. The Labute approximate surface area is 99.1 Å². The van der Waals surface area contributed by atoms with E-state index in [1.807, 2.05) is 31.2 Å². The van der Waals surface area contributed by atoms with Crippen molar-refractivity contribution in [1.29, 1.82) is 0 Å². The predicted molar refractivity (Wildman–Crippen MR) is 67.1 cm³/mol. The van der Waals surface area contributed by atoms with Crippen molar-refractivity contribution in [2.75, 3.05) is 11.9 Å². The van der Waals surface area contributed by atoms with Gasteiger partial charge in [0.25, 0.3) is 0 Å². The van der Waals surface area contributed by atoms with Crippen molar-refractivity contribution >= 4 is 17.2 Å². The quantitative estimate of drug-likeness (QED) is 0.863. The lowest BCUT2D eigenvalue weighted by molar-refractivity contribution is 0.327. The molecule has 0 fully saturated rings. The summed E-state index contributed by atoms with van der Waals surface area (Å²) in [5.41, 5.74) is 0. The SMILES string of the molecule is CCOc1cccc(NCc2cccs2)n1. The van der Waals surface area contributed by atoms with Crippen molar-refractivity contribution in [2.24, 2.45) is 0 Å². The number of nitrogens with zero attached hydrogens (tertiary/aromatic N) is 1. The molecule has 0 aliphatic carbocycles. The van der Waals surface area contributed by atoms with Crippen molar-refractivity contribution in [3.05, 3.63) is 40.6 Å². The molecule has 0 aliphatic rings. The van der Waals surface area contributed by atoms with Gasteiger partial charge < -0.3 is 10.1 Å². The zero-order valence-corrected chi connectivity index (χ0v) is 9.96. The minimum atomic E-state index is 0.640. The Balaban J connectivity index is 1.96. The Kier molecular flexibility index (Phi) is 3.77. The molecule has 0 atom stereocenters. The van der Waals surface area contributed by atoms with Gasteiger partial charge in [-0.2, -0.15) is 4.98 Å². The number of nitrogens with one attached hydrogen (secondary N) is 1. The average Bonchev–Trinajstić information content (AvgIpc) is 2.80. The van der Waals surface area contributed by atoms with E-state index in [4.69, 9.17) is 4.74 Å². The number of hydrogen-bond acceptors (Lipinski definition) is 4. The van der Waals surface area contributed by atoms with Crippen LogP contribution >= 0.6 is 11.3 Å². The highest BCUT2D eigenvalue weighted by molar-refractivity contribution is 7.09. The van der Waals surface area contributed by atoms with Crippen molar-refractivity contribution < 1.29 is 4.74 Å². The van der Waals surface area contributed by atoms with Crippen LogP contribution < -0.4 is 10.1 Å². The fourth-order valence-electron chi connectivity index (χ4n) is 1.33. The van der Waals surface area contributed by atoms with E-state index in [2.05, 4.69) is 21.7 Å². The second kappa shape index (κ2) is 5.51. The van der Waals surface area contributed by atoms with Crippen molar-refractivity contribution in [3.63, 3.8) is 0 Å². The first-order valence-corrected chi connectivity index (χ1v) is 6.12. The smallest absolute Gasteiger partial charge is 0.215 e. The van der Waals surface area contributed by atoms with Crippen LogP contribution in [-0.4, -0.2) is 11.6 Å². The monoisotopic (exact) mass is 234 g/mol. The molecule has 0 radical (unpaired) electrons. The summed E-state index contributed by atoms with van der Waals surface area (Å²) < 4.78 is 5.34. The largest absolute Gasteiger partial charge is 0.478 e. The topological polar surface area (TPSA) is 34.1 Å². The molecule has 0 saturated carbocycles. The molecule has 0 saturated heterocycles. The Morgan fingerprint density at radius 1 is 1.31 bits per heavy atom. The van der Waals surface area contributed by atoms with Crippen molar-refractivity contribution in [3.8, 4) is 5.88 Å². The van der Waals surface area contributed by atoms with Gasteiger partial charge in [0.05, 0.1) is 13.2 Å². The van der Waals surface area contributed by atoms with E-state index in [-0.39, 0.29) is 0 Å². The molecule has 0 unspecified atom stereocenters. The van der Waals surface area contributed by atoms with E-state index in [9.17, 15) is 0 Å². The van der Waals surface area contributed by atoms with Gasteiger partial charge in [0.1, 0.15) is 5.82 Å². The van der Waals surface area contributed by atoms with Gasteiger partial charge in [-0.15, -0.1) is 11.3 Å². The maximum atomic E-state index is 5.34. The van der Waals surface area contributed by atoms with Crippen molar-refractivity contribution in [2.45, 2.75) is 13.5 Å². The van der Waals surface area contributed by atoms with Crippen LogP contribution in [0.15, 0.2) is 35.7 Å². The third-order valence-electron chi connectivity index (χ3n) is 2.04. The molecule has 4 heteroatoms. The summed E-state index contributed by atoms with van der Waals surface area (Å²) in [7, 11) is 0.